The predicted octanol–water partition coefficient (Wildman–Crippen LogP) is -2.52. The van der Waals surface area contributed by atoms with Gasteiger partial charge in [-0.3, -0.25) is 0 Å². The fraction of sp³-hybridized carbons (Fsp3) is 0.467. The van der Waals surface area contributed by atoms with Crippen LogP contribution in [0.1, 0.15) is 25.7 Å². The van der Waals surface area contributed by atoms with E-state index < -0.39 is 23.2 Å². The zero-order chi connectivity index (χ0) is 12.1. The molecule has 4 heteroatoms. The maximum atomic E-state index is 2.38. The molecule has 0 aromatic carbocycles. The van der Waals surface area contributed by atoms with E-state index in [1.807, 2.05) is 3.28 Å². The SMILES string of the molecule is CN(C)CCCC1=[C]([Zr+2][C]2=CC=CC2)CC=C1.[Cl-].[Cl-]. The van der Waals surface area contributed by atoms with Gasteiger partial charge < -0.3 is 24.8 Å². The summed E-state index contributed by atoms with van der Waals surface area (Å²) in [5.41, 5.74) is 1.67. The molecule has 1 nitrogen and oxygen atoms in total. The molecule has 0 radical (unpaired) electrons. The third kappa shape index (κ3) is 6.58. The Kier molecular flexibility index (Phi) is 10.4. The van der Waals surface area contributed by atoms with Gasteiger partial charge in [-0.25, -0.2) is 0 Å². The molecule has 0 amide bonds. The van der Waals surface area contributed by atoms with E-state index >= 15 is 0 Å². The van der Waals surface area contributed by atoms with E-state index in [1.165, 1.54) is 32.2 Å². The van der Waals surface area contributed by atoms with Crippen molar-refractivity contribution in [2.75, 3.05) is 20.6 Å². The number of nitrogens with zero attached hydrogens (tertiary/aromatic N) is 1. The molecule has 0 fully saturated rings. The maximum Gasteiger partial charge on any atom is -1.00 e. The molecule has 0 N–H and O–H groups in total. The zero-order valence-electron chi connectivity index (χ0n) is 11.6. The number of allylic oxidation sites excluding steroid dienone is 8. The Bertz CT molecular complexity index is 395. The van der Waals surface area contributed by atoms with E-state index in [1.54, 1.807) is 8.85 Å². The second kappa shape index (κ2) is 10.2. The van der Waals surface area contributed by atoms with Crippen LogP contribution in [-0.2, 0) is 23.2 Å². The van der Waals surface area contributed by atoms with Gasteiger partial charge in [0.25, 0.3) is 0 Å². The van der Waals surface area contributed by atoms with Crippen molar-refractivity contribution in [3.05, 3.63) is 42.5 Å². The van der Waals surface area contributed by atoms with Crippen molar-refractivity contribution >= 4 is 0 Å². The first-order chi connectivity index (χ1) is 8.25. The van der Waals surface area contributed by atoms with Crippen molar-refractivity contribution in [1.29, 1.82) is 0 Å². The van der Waals surface area contributed by atoms with Gasteiger partial charge in [-0.15, -0.1) is 0 Å². The third-order valence-electron chi connectivity index (χ3n) is 3.16. The van der Waals surface area contributed by atoms with Crippen molar-refractivity contribution in [3.63, 3.8) is 0 Å². The molecule has 0 saturated carbocycles. The number of rotatable bonds is 6. The van der Waals surface area contributed by atoms with Crippen LogP contribution in [0, 0.1) is 0 Å². The first-order valence-electron chi connectivity index (χ1n) is 6.42. The second-order valence-corrected chi connectivity index (χ2v) is 8.64. The summed E-state index contributed by atoms with van der Waals surface area (Å²) < 4.78 is 3.57. The summed E-state index contributed by atoms with van der Waals surface area (Å²) in [6.07, 6.45) is 16.7. The van der Waals surface area contributed by atoms with Gasteiger partial charge in [-0.1, -0.05) is 0 Å². The molecule has 0 saturated heterocycles. The molecule has 0 aromatic rings. The molecule has 0 aromatic heterocycles. The van der Waals surface area contributed by atoms with E-state index in [0.717, 1.165) is 0 Å². The minimum Gasteiger partial charge on any atom is -1.00 e. The maximum absolute atomic E-state index is 2.38. The molecule has 0 heterocycles. The van der Waals surface area contributed by atoms with Gasteiger partial charge in [0.2, 0.25) is 0 Å². The molecular weight excluding hydrogens is 356 g/mol. The normalized spacial score (nSPS) is 16.3. The fourth-order valence-corrected chi connectivity index (χ4v) is 5.62. The second-order valence-electron chi connectivity index (χ2n) is 4.97. The van der Waals surface area contributed by atoms with Gasteiger partial charge in [0.1, 0.15) is 0 Å². The van der Waals surface area contributed by atoms with E-state index in [4.69, 9.17) is 0 Å². The Labute approximate surface area is 141 Å². The molecule has 0 aliphatic heterocycles. The van der Waals surface area contributed by atoms with Crippen LogP contribution in [0.2, 0.25) is 0 Å². The van der Waals surface area contributed by atoms with E-state index in [0.29, 0.717) is 0 Å². The van der Waals surface area contributed by atoms with Gasteiger partial charge in [0.15, 0.2) is 0 Å². The molecule has 0 atom stereocenters. The van der Waals surface area contributed by atoms with E-state index in [2.05, 4.69) is 49.4 Å². The van der Waals surface area contributed by atoms with Gasteiger partial charge in [-0.05, 0) is 0 Å². The molecule has 19 heavy (non-hydrogen) atoms. The summed E-state index contributed by atoms with van der Waals surface area (Å²) in [6.45, 7) is 1.21. The average molecular weight is 377 g/mol. The number of hydrogen-bond acceptors (Lipinski definition) is 1. The molecule has 2 aliphatic carbocycles. The van der Waals surface area contributed by atoms with Crippen LogP contribution in [0.25, 0.3) is 0 Å². The van der Waals surface area contributed by atoms with Crippen molar-refractivity contribution in [2.45, 2.75) is 25.7 Å². The molecule has 2 aliphatic rings. The molecule has 0 bridgehead atoms. The van der Waals surface area contributed by atoms with Gasteiger partial charge in [0, 0.05) is 0 Å². The van der Waals surface area contributed by atoms with Gasteiger partial charge >= 0.3 is 117 Å². The Balaban J connectivity index is 0.00000162. The van der Waals surface area contributed by atoms with Crippen LogP contribution in [0.5, 0.6) is 0 Å². The van der Waals surface area contributed by atoms with Crippen molar-refractivity contribution in [3.8, 4) is 0 Å². The Morgan fingerprint density at radius 2 is 1.95 bits per heavy atom. The summed E-state index contributed by atoms with van der Waals surface area (Å²) >= 11 is -0.424. The van der Waals surface area contributed by atoms with Gasteiger partial charge in [0.05, 0.1) is 0 Å². The van der Waals surface area contributed by atoms with E-state index in [9.17, 15) is 0 Å². The molecule has 104 valence electrons. The summed E-state index contributed by atoms with van der Waals surface area (Å²) in [6, 6.07) is 0. The summed E-state index contributed by atoms with van der Waals surface area (Å²) in [5, 5.41) is 0. The Morgan fingerprint density at radius 3 is 2.58 bits per heavy atom. The topological polar surface area (TPSA) is 3.24 Å². The monoisotopic (exact) mass is 375 g/mol. The predicted molar refractivity (Wildman–Crippen MR) is 70.4 cm³/mol. The zero-order valence-corrected chi connectivity index (χ0v) is 15.6. The van der Waals surface area contributed by atoms with Crippen LogP contribution in [-0.4, -0.2) is 25.5 Å². The van der Waals surface area contributed by atoms with Crippen molar-refractivity contribution < 1.29 is 48.0 Å². The first-order valence-corrected chi connectivity index (χ1v) is 8.87. The number of halogens is 2. The van der Waals surface area contributed by atoms with Crippen LogP contribution in [0.15, 0.2) is 42.5 Å². The van der Waals surface area contributed by atoms with Crippen LogP contribution >= 0.6 is 0 Å². The summed E-state index contributed by atoms with van der Waals surface area (Å²) in [4.78, 5) is 2.28. The Hall–Kier alpha value is 0.383. The average Bonchev–Trinajstić information content (AvgIpc) is 2.91. The van der Waals surface area contributed by atoms with Gasteiger partial charge in [-0.2, -0.15) is 0 Å². The minimum atomic E-state index is -0.424. The summed E-state index contributed by atoms with van der Waals surface area (Å²) in [7, 11) is 4.32. The standard InChI is InChI=1S/C10H16N.C5H5.2ClH.Zr/c1-11(2)9-5-8-10-6-3-4-7-10;1-2-4-5-3-1;;;/h3,6H,4-5,8-9H2,1-2H3;1-3H,4H2;2*1H;/q;;;;+2/p-2. The number of hydrogen-bond donors (Lipinski definition) is 0. The molecular formula is C15H21Cl2NZr. The first kappa shape index (κ1) is 19.4. The van der Waals surface area contributed by atoms with Crippen LogP contribution in [0.4, 0.5) is 0 Å². The van der Waals surface area contributed by atoms with Crippen molar-refractivity contribution in [1.82, 2.24) is 4.90 Å². The molecule has 2 rings (SSSR count). The third-order valence-corrected chi connectivity index (χ3v) is 6.90. The quantitative estimate of drug-likeness (QED) is 0.494. The minimum absolute atomic E-state index is 0. The summed E-state index contributed by atoms with van der Waals surface area (Å²) in [5.74, 6) is 0. The molecule has 0 spiro atoms. The largest absolute Gasteiger partial charge is 1.00 e. The van der Waals surface area contributed by atoms with E-state index in [-0.39, 0.29) is 24.8 Å². The smallest absolute Gasteiger partial charge is 1.00 e. The van der Waals surface area contributed by atoms with Crippen LogP contribution < -0.4 is 24.8 Å². The van der Waals surface area contributed by atoms with Crippen molar-refractivity contribution in [2.24, 2.45) is 0 Å². The fourth-order valence-electron chi connectivity index (χ4n) is 2.24. The molecule has 0 unspecified atom stereocenters. The van der Waals surface area contributed by atoms with Crippen LogP contribution in [0.3, 0.4) is 0 Å². The Morgan fingerprint density at radius 1 is 1.16 bits per heavy atom.